The van der Waals surface area contributed by atoms with E-state index in [0.29, 0.717) is 24.5 Å². The molecule has 4 atom stereocenters. The minimum atomic E-state index is -0.335. The van der Waals surface area contributed by atoms with E-state index in [1.165, 1.54) is 4.90 Å². The fourth-order valence-corrected chi connectivity index (χ4v) is 3.86. The number of rotatable bonds is 5. The number of amides is 2. The average Bonchev–Trinajstić information content (AvgIpc) is 3.27. The maximum atomic E-state index is 12.6. The van der Waals surface area contributed by atoms with E-state index < -0.39 is 0 Å². The molecule has 6 heteroatoms. The second kappa shape index (κ2) is 5.63. The quantitative estimate of drug-likeness (QED) is 0.600. The highest BCUT2D eigenvalue weighted by Crippen LogP contribution is 2.45. The summed E-state index contributed by atoms with van der Waals surface area (Å²) in [6, 6.07) is 5.62. The van der Waals surface area contributed by atoms with Crippen molar-refractivity contribution < 1.29 is 23.8 Å². The first-order chi connectivity index (χ1) is 11.6. The number of hydrogen-bond acceptors (Lipinski definition) is 5. The Morgan fingerprint density at radius 2 is 1.62 bits per heavy atom. The lowest BCUT2D eigenvalue weighted by Crippen LogP contribution is -2.36. The summed E-state index contributed by atoms with van der Waals surface area (Å²) in [5.41, 5.74) is 0.989. The molecule has 24 heavy (non-hydrogen) atoms. The molecule has 4 rings (SSSR count). The molecule has 0 N–H and O–H groups in total. The fourth-order valence-electron chi connectivity index (χ4n) is 3.86. The number of fused-ring (bicyclic) bond motifs is 5. The normalized spacial score (nSPS) is 30.2. The Balaban J connectivity index is 1.47. The number of hydrogen-bond donors (Lipinski definition) is 0. The molecule has 1 aromatic rings. The summed E-state index contributed by atoms with van der Waals surface area (Å²) >= 11 is 0. The molecule has 0 unspecified atom stereocenters. The van der Waals surface area contributed by atoms with Gasteiger partial charge in [-0.1, -0.05) is 18.2 Å². The summed E-state index contributed by atoms with van der Waals surface area (Å²) in [5, 5.41) is 0. The Kier molecular flexibility index (Phi) is 3.57. The Hall–Kier alpha value is -2.34. The average molecular weight is 329 g/mol. The molecule has 0 aliphatic carbocycles. The Bertz CT molecular complexity index is 698. The van der Waals surface area contributed by atoms with Gasteiger partial charge in [0.15, 0.2) is 11.5 Å². The van der Waals surface area contributed by atoms with Crippen LogP contribution in [-0.2, 0) is 20.7 Å². The number of imide groups is 1. The third-order valence-electron chi connectivity index (χ3n) is 5.07. The molecule has 126 valence electrons. The van der Waals surface area contributed by atoms with Gasteiger partial charge in [-0.3, -0.25) is 14.5 Å². The summed E-state index contributed by atoms with van der Waals surface area (Å²) < 4.78 is 16.1. The van der Waals surface area contributed by atoms with Crippen molar-refractivity contribution in [3.8, 4) is 11.5 Å². The van der Waals surface area contributed by atoms with Crippen LogP contribution in [0.15, 0.2) is 30.4 Å². The highest BCUT2D eigenvalue weighted by atomic mass is 16.5. The first kappa shape index (κ1) is 15.2. The molecule has 2 fully saturated rings. The smallest absolute Gasteiger partial charge is 0.236 e. The first-order valence-electron chi connectivity index (χ1n) is 8.04. The summed E-state index contributed by atoms with van der Waals surface area (Å²) in [7, 11) is 3.17. The van der Waals surface area contributed by atoms with Crippen molar-refractivity contribution in [3.63, 3.8) is 0 Å². The maximum Gasteiger partial charge on any atom is 0.236 e. The zero-order valence-electron chi connectivity index (χ0n) is 13.6. The summed E-state index contributed by atoms with van der Waals surface area (Å²) in [5.74, 6) is 0.408. The largest absolute Gasteiger partial charge is 0.493 e. The van der Waals surface area contributed by atoms with Crippen LogP contribution in [0.25, 0.3) is 0 Å². The Labute approximate surface area is 140 Å². The topological polar surface area (TPSA) is 65.1 Å². The van der Waals surface area contributed by atoms with Crippen LogP contribution in [0, 0.1) is 11.8 Å². The van der Waals surface area contributed by atoms with Crippen LogP contribution >= 0.6 is 0 Å². The van der Waals surface area contributed by atoms with Gasteiger partial charge in [-0.15, -0.1) is 0 Å². The van der Waals surface area contributed by atoms with Crippen LogP contribution in [0.5, 0.6) is 11.5 Å². The molecule has 1 aromatic carbocycles. The molecule has 6 nitrogen and oxygen atoms in total. The van der Waals surface area contributed by atoms with Crippen LogP contribution in [-0.4, -0.2) is 49.7 Å². The predicted molar refractivity (Wildman–Crippen MR) is 84.8 cm³/mol. The van der Waals surface area contributed by atoms with E-state index in [4.69, 9.17) is 14.2 Å². The molecule has 0 radical (unpaired) electrons. The molecule has 3 aliphatic heterocycles. The fraction of sp³-hybridized carbons (Fsp3) is 0.444. The molecule has 3 heterocycles. The lowest BCUT2D eigenvalue weighted by atomic mass is 9.85. The maximum absolute atomic E-state index is 12.6. The molecule has 0 saturated carbocycles. The van der Waals surface area contributed by atoms with Gasteiger partial charge in [-0.25, -0.2) is 0 Å². The highest BCUT2D eigenvalue weighted by Gasteiger charge is 2.60. The van der Waals surface area contributed by atoms with Gasteiger partial charge in [0.05, 0.1) is 38.3 Å². The Morgan fingerprint density at radius 3 is 2.21 bits per heavy atom. The second-order valence-electron chi connectivity index (χ2n) is 6.27. The van der Waals surface area contributed by atoms with Gasteiger partial charge in [0, 0.05) is 6.54 Å². The zero-order chi connectivity index (χ0) is 16.8. The van der Waals surface area contributed by atoms with Crippen LogP contribution in [0.3, 0.4) is 0 Å². The molecular weight excluding hydrogens is 310 g/mol. The second-order valence-corrected chi connectivity index (χ2v) is 6.27. The minimum absolute atomic E-state index is 0.109. The number of benzene rings is 1. The van der Waals surface area contributed by atoms with Crippen molar-refractivity contribution in [1.82, 2.24) is 4.90 Å². The van der Waals surface area contributed by atoms with Crippen molar-refractivity contribution in [1.29, 1.82) is 0 Å². The van der Waals surface area contributed by atoms with Crippen molar-refractivity contribution in [2.45, 2.75) is 18.6 Å². The lowest BCUT2D eigenvalue weighted by molar-refractivity contribution is -0.142. The van der Waals surface area contributed by atoms with E-state index in [2.05, 4.69) is 0 Å². The van der Waals surface area contributed by atoms with Crippen molar-refractivity contribution in [2.24, 2.45) is 11.8 Å². The van der Waals surface area contributed by atoms with E-state index in [0.717, 1.165) is 5.56 Å². The molecule has 2 saturated heterocycles. The van der Waals surface area contributed by atoms with Crippen LogP contribution in [0.1, 0.15) is 5.56 Å². The van der Waals surface area contributed by atoms with E-state index in [1.807, 2.05) is 30.4 Å². The van der Waals surface area contributed by atoms with Gasteiger partial charge in [0.2, 0.25) is 11.8 Å². The Morgan fingerprint density at radius 1 is 1.00 bits per heavy atom. The van der Waals surface area contributed by atoms with Crippen molar-refractivity contribution in [3.05, 3.63) is 35.9 Å². The molecule has 0 spiro atoms. The van der Waals surface area contributed by atoms with Gasteiger partial charge in [0.1, 0.15) is 0 Å². The number of carbonyl (C=O) groups is 2. The molecule has 2 bridgehead atoms. The highest BCUT2D eigenvalue weighted by molar-refractivity contribution is 6.06. The van der Waals surface area contributed by atoms with Crippen molar-refractivity contribution in [2.75, 3.05) is 20.8 Å². The van der Waals surface area contributed by atoms with E-state index in [-0.39, 0.29) is 35.9 Å². The van der Waals surface area contributed by atoms with Gasteiger partial charge in [-0.2, -0.15) is 0 Å². The summed E-state index contributed by atoms with van der Waals surface area (Å²) in [6.45, 7) is 0.375. The van der Waals surface area contributed by atoms with Crippen molar-refractivity contribution >= 4 is 11.8 Å². The molecule has 2 amide bonds. The minimum Gasteiger partial charge on any atom is -0.493 e. The molecule has 0 aromatic heterocycles. The first-order valence-corrected chi connectivity index (χ1v) is 8.04. The van der Waals surface area contributed by atoms with E-state index >= 15 is 0 Å². The lowest BCUT2D eigenvalue weighted by Gasteiger charge is -2.18. The van der Waals surface area contributed by atoms with Crippen LogP contribution in [0.4, 0.5) is 0 Å². The number of methoxy groups -OCH3 is 2. The van der Waals surface area contributed by atoms with Gasteiger partial charge < -0.3 is 14.2 Å². The standard InChI is InChI=1S/C18H19NO5/c1-22-11-4-3-10(9-14(11)23-2)7-8-19-17(20)15-12-5-6-13(24-12)16(15)18(19)21/h3-6,9,12-13,15-16H,7-8H2,1-2H3/t12-,13-,15-,16+/m1/s1. The number of carbonyl (C=O) groups excluding carboxylic acids is 2. The summed E-state index contributed by atoms with van der Waals surface area (Å²) in [4.78, 5) is 26.5. The van der Waals surface area contributed by atoms with Crippen LogP contribution < -0.4 is 9.47 Å². The zero-order valence-corrected chi connectivity index (χ0v) is 13.6. The molecular formula is C18H19NO5. The monoisotopic (exact) mass is 329 g/mol. The van der Waals surface area contributed by atoms with Crippen LogP contribution in [0.2, 0.25) is 0 Å². The van der Waals surface area contributed by atoms with E-state index in [9.17, 15) is 9.59 Å². The number of nitrogens with zero attached hydrogens (tertiary/aromatic N) is 1. The third-order valence-corrected chi connectivity index (χ3v) is 5.07. The predicted octanol–water partition coefficient (Wildman–Crippen LogP) is 1.18. The van der Waals surface area contributed by atoms with Gasteiger partial charge in [-0.05, 0) is 24.1 Å². The summed E-state index contributed by atoms with van der Waals surface area (Å²) in [6.07, 6.45) is 3.91. The van der Waals surface area contributed by atoms with E-state index in [1.54, 1.807) is 14.2 Å². The molecule has 3 aliphatic rings. The SMILES string of the molecule is COc1ccc(CCN2C(=O)[C@@H]3[C@H](C2=O)[C@H]2C=C[C@H]3O2)cc1OC. The van der Waals surface area contributed by atoms with Gasteiger partial charge in [0.25, 0.3) is 0 Å². The third kappa shape index (κ3) is 2.13. The number of ether oxygens (including phenoxy) is 3. The van der Waals surface area contributed by atoms with Gasteiger partial charge >= 0.3 is 0 Å². The number of likely N-dealkylation sites (tertiary alicyclic amines) is 1.